The normalized spacial score (nSPS) is 43.2. The quantitative estimate of drug-likeness (QED) is 0.850. The van der Waals surface area contributed by atoms with E-state index in [4.69, 9.17) is 4.74 Å². The lowest BCUT2D eigenvalue weighted by Gasteiger charge is -2.53. The third-order valence-corrected chi connectivity index (χ3v) is 7.47. The summed E-state index contributed by atoms with van der Waals surface area (Å²) >= 11 is 0. The predicted molar refractivity (Wildman–Crippen MR) is 83.1 cm³/mol. The van der Waals surface area contributed by atoms with E-state index in [9.17, 15) is 4.79 Å². The topological polar surface area (TPSA) is 41.6 Å². The van der Waals surface area contributed by atoms with Gasteiger partial charge >= 0.3 is 0 Å². The Bertz CT molecular complexity index is 467. The van der Waals surface area contributed by atoms with E-state index in [0.29, 0.717) is 18.1 Å². The van der Waals surface area contributed by atoms with Gasteiger partial charge in [0.1, 0.15) is 0 Å². The molecule has 2 saturated heterocycles. The van der Waals surface area contributed by atoms with Crippen LogP contribution in [0.1, 0.15) is 51.4 Å². The molecule has 0 aromatic heterocycles. The number of nitrogens with one attached hydrogen (secondary N) is 1. The highest BCUT2D eigenvalue weighted by molar-refractivity contribution is 5.81. The zero-order valence-corrected chi connectivity index (χ0v) is 13.5. The fourth-order valence-corrected chi connectivity index (χ4v) is 5.85. The molecule has 2 aliphatic heterocycles. The minimum atomic E-state index is 0.144. The molecule has 5 rings (SSSR count). The number of rotatable bonds is 2. The highest BCUT2D eigenvalue weighted by Gasteiger charge is 2.55. The largest absolute Gasteiger partial charge is 0.364 e. The van der Waals surface area contributed by atoms with E-state index in [0.717, 1.165) is 44.4 Å². The van der Waals surface area contributed by atoms with Gasteiger partial charge in [0, 0.05) is 30.0 Å². The molecule has 3 aliphatic carbocycles. The van der Waals surface area contributed by atoms with Crippen molar-refractivity contribution in [3.8, 4) is 0 Å². The van der Waals surface area contributed by atoms with Gasteiger partial charge in [-0.25, -0.2) is 0 Å². The molecular formula is C18H28N2O2. The Hall–Kier alpha value is -0.610. The minimum absolute atomic E-state index is 0.144. The molecule has 1 N–H and O–H groups in total. The first kappa shape index (κ1) is 13.8. The predicted octanol–water partition coefficient (Wildman–Crippen LogP) is 2.14. The monoisotopic (exact) mass is 304 g/mol. The summed E-state index contributed by atoms with van der Waals surface area (Å²) in [6.07, 6.45) is 10.6. The van der Waals surface area contributed by atoms with Crippen molar-refractivity contribution in [2.45, 2.75) is 56.9 Å². The zero-order valence-electron chi connectivity index (χ0n) is 13.5. The van der Waals surface area contributed by atoms with Crippen LogP contribution in [0.5, 0.6) is 0 Å². The van der Waals surface area contributed by atoms with Crippen molar-refractivity contribution in [1.29, 1.82) is 0 Å². The molecule has 0 unspecified atom stereocenters. The second-order valence-electron chi connectivity index (χ2n) is 8.94. The number of likely N-dealkylation sites (tertiary alicyclic amines) is 1. The summed E-state index contributed by atoms with van der Waals surface area (Å²) in [5.41, 5.74) is 0.664. The summed E-state index contributed by atoms with van der Waals surface area (Å²) in [6, 6.07) is 0. The fourth-order valence-electron chi connectivity index (χ4n) is 5.85. The van der Waals surface area contributed by atoms with Crippen LogP contribution in [0.25, 0.3) is 0 Å². The van der Waals surface area contributed by atoms with Gasteiger partial charge in [0.2, 0.25) is 5.91 Å². The second kappa shape index (κ2) is 4.70. The molecule has 0 aromatic rings. The molecule has 1 amide bonds. The standard InChI is InChI=1S/C18H28N2O2/c21-16(15-7-18(8-15)11-22-12-19-18)20-9-17(10-20)5-4-14(6-17)13-2-1-3-13/h13-15,19H,1-12H2/t14-,15?,18?/m1/s1. The molecular weight excluding hydrogens is 276 g/mol. The molecule has 0 radical (unpaired) electrons. The van der Waals surface area contributed by atoms with Crippen LogP contribution in [0.3, 0.4) is 0 Å². The highest BCUT2D eigenvalue weighted by Crippen LogP contribution is 2.54. The van der Waals surface area contributed by atoms with Crippen LogP contribution < -0.4 is 5.32 Å². The molecule has 3 saturated carbocycles. The van der Waals surface area contributed by atoms with E-state index in [2.05, 4.69) is 10.2 Å². The van der Waals surface area contributed by atoms with Gasteiger partial charge in [0.25, 0.3) is 0 Å². The van der Waals surface area contributed by atoms with Crippen LogP contribution in [0.4, 0.5) is 0 Å². The molecule has 2 heterocycles. The molecule has 0 bridgehead atoms. The van der Waals surface area contributed by atoms with E-state index in [1.54, 1.807) is 0 Å². The minimum Gasteiger partial charge on any atom is -0.364 e. The summed E-state index contributed by atoms with van der Waals surface area (Å²) in [7, 11) is 0. The molecule has 22 heavy (non-hydrogen) atoms. The van der Waals surface area contributed by atoms with Gasteiger partial charge in [-0.1, -0.05) is 19.3 Å². The number of nitrogens with zero attached hydrogens (tertiary/aromatic N) is 1. The van der Waals surface area contributed by atoms with Crippen LogP contribution in [0, 0.1) is 23.2 Å². The van der Waals surface area contributed by atoms with Crippen LogP contribution in [0.2, 0.25) is 0 Å². The van der Waals surface area contributed by atoms with Crippen molar-refractivity contribution in [2.24, 2.45) is 23.2 Å². The lowest BCUT2D eigenvalue weighted by Crippen LogP contribution is -2.63. The molecule has 4 nitrogen and oxygen atoms in total. The molecule has 2 spiro atoms. The van der Waals surface area contributed by atoms with Crippen LogP contribution in [0.15, 0.2) is 0 Å². The number of carbonyl (C=O) groups is 1. The Morgan fingerprint density at radius 2 is 1.91 bits per heavy atom. The maximum Gasteiger partial charge on any atom is 0.225 e. The van der Waals surface area contributed by atoms with Crippen molar-refractivity contribution in [3.63, 3.8) is 0 Å². The van der Waals surface area contributed by atoms with Crippen molar-refractivity contribution in [1.82, 2.24) is 10.2 Å². The number of hydrogen-bond donors (Lipinski definition) is 1. The van der Waals surface area contributed by atoms with Gasteiger partial charge < -0.3 is 9.64 Å². The molecule has 0 aromatic carbocycles. The first-order chi connectivity index (χ1) is 10.7. The van der Waals surface area contributed by atoms with E-state index in [-0.39, 0.29) is 11.5 Å². The fraction of sp³-hybridized carbons (Fsp3) is 0.944. The van der Waals surface area contributed by atoms with Crippen LogP contribution in [-0.2, 0) is 9.53 Å². The summed E-state index contributed by atoms with van der Waals surface area (Å²) in [5.74, 6) is 2.70. The smallest absolute Gasteiger partial charge is 0.225 e. The van der Waals surface area contributed by atoms with E-state index in [1.807, 2.05) is 0 Å². The van der Waals surface area contributed by atoms with Gasteiger partial charge in [0.15, 0.2) is 0 Å². The first-order valence-electron chi connectivity index (χ1n) is 9.29. The van der Waals surface area contributed by atoms with E-state index >= 15 is 0 Å². The highest BCUT2D eigenvalue weighted by atomic mass is 16.5. The Morgan fingerprint density at radius 3 is 2.55 bits per heavy atom. The van der Waals surface area contributed by atoms with Crippen LogP contribution >= 0.6 is 0 Å². The average molecular weight is 304 g/mol. The van der Waals surface area contributed by atoms with Gasteiger partial charge in [0.05, 0.1) is 13.3 Å². The molecule has 1 atom stereocenters. The van der Waals surface area contributed by atoms with Gasteiger partial charge in [-0.2, -0.15) is 0 Å². The summed E-state index contributed by atoms with van der Waals surface area (Å²) < 4.78 is 5.42. The lowest BCUT2D eigenvalue weighted by molar-refractivity contribution is -0.153. The third-order valence-electron chi connectivity index (χ3n) is 7.47. The van der Waals surface area contributed by atoms with Gasteiger partial charge in [-0.15, -0.1) is 0 Å². The zero-order chi connectivity index (χ0) is 14.8. The number of amides is 1. The maximum atomic E-state index is 12.6. The lowest BCUT2D eigenvalue weighted by atomic mass is 9.67. The molecule has 5 aliphatic rings. The molecule has 4 heteroatoms. The van der Waals surface area contributed by atoms with E-state index in [1.165, 1.54) is 38.5 Å². The van der Waals surface area contributed by atoms with Gasteiger partial charge in [-0.3, -0.25) is 10.1 Å². The van der Waals surface area contributed by atoms with Crippen molar-refractivity contribution < 1.29 is 9.53 Å². The van der Waals surface area contributed by atoms with Gasteiger partial charge in [-0.05, 0) is 43.9 Å². The summed E-state index contributed by atoms with van der Waals surface area (Å²) in [4.78, 5) is 14.8. The average Bonchev–Trinajstić information content (AvgIpc) is 2.98. The number of hydrogen-bond acceptors (Lipinski definition) is 3. The van der Waals surface area contributed by atoms with Crippen molar-refractivity contribution >= 4 is 5.91 Å². The Labute approximate surface area is 132 Å². The molecule has 5 fully saturated rings. The number of carbonyl (C=O) groups excluding carboxylic acids is 1. The Kier molecular flexibility index (Phi) is 2.95. The van der Waals surface area contributed by atoms with Crippen molar-refractivity contribution in [2.75, 3.05) is 26.4 Å². The summed E-state index contributed by atoms with van der Waals surface area (Å²) in [6.45, 7) is 3.57. The maximum absolute atomic E-state index is 12.6. The first-order valence-corrected chi connectivity index (χ1v) is 9.29. The van der Waals surface area contributed by atoms with Crippen molar-refractivity contribution in [3.05, 3.63) is 0 Å². The number of ether oxygens (including phenoxy) is 1. The molecule has 122 valence electrons. The van der Waals surface area contributed by atoms with E-state index < -0.39 is 0 Å². The SMILES string of the molecule is O=C(C1CC2(COCN2)C1)N1CC2(CC[C@@H](C3CCC3)C2)C1. The van der Waals surface area contributed by atoms with Crippen LogP contribution in [-0.4, -0.2) is 42.8 Å². The Balaban J connectivity index is 1.13. The summed E-state index contributed by atoms with van der Waals surface area (Å²) in [5, 5.41) is 3.42. The second-order valence-corrected chi connectivity index (χ2v) is 8.94. The third kappa shape index (κ3) is 1.99. The Morgan fingerprint density at radius 1 is 1.09 bits per heavy atom.